The fourth-order valence-corrected chi connectivity index (χ4v) is 3.38. The summed E-state index contributed by atoms with van der Waals surface area (Å²) in [5.41, 5.74) is 9.00. The lowest BCUT2D eigenvalue weighted by atomic mass is 10.1. The van der Waals surface area contributed by atoms with Crippen LogP contribution in [0.5, 0.6) is 0 Å². The van der Waals surface area contributed by atoms with Gasteiger partial charge in [-0.1, -0.05) is 6.07 Å². The van der Waals surface area contributed by atoms with Crippen molar-refractivity contribution in [3.8, 4) is 0 Å². The van der Waals surface area contributed by atoms with Crippen LogP contribution in [-0.2, 0) is 13.5 Å². The monoisotopic (exact) mass is 302 g/mol. The van der Waals surface area contributed by atoms with Crippen molar-refractivity contribution < 1.29 is 0 Å². The van der Waals surface area contributed by atoms with Crippen LogP contribution in [0.25, 0.3) is 5.65 Å². The predicted molar refractivity (Wildman–Crippen MR) is 82.4 cm³/mol. The van der Waals surface area contributed by atoms with Crippen LogP contribution in [0.3, 0.4) is 0 Å². The van der Waals surface area contributed by atoms with E-state index in [1.807, 2.05) is 54.4 Å². The molecule has 0 saturated carbocycles. The minimum atomic E-state index is 0.0994. The van der Waals surface area contributed by atoms with E-state index in [1.165, 1.54) is 5.56 Å². The number of nitrogens with zero attached hydrogens (tertiary/aromatic N) is 5. The number of rotatable bonds is 4. The van der Waals surface area contributed by atoms with Gasteiger partial charge in [0.2, 0.25) is 5.16 Å². The average molecular weight is 302 g/mol. The van der Waals surface area contributed by atoms with Crippen molar-refractivity contribution in [3.63, 3.8) is 0 Å². The van der Waals surface area contributed by atoms with E-state index in [2.05, 4.69) is 15.3 Å². The Hall–Kier alpha value is -1.86. The van der Waals surface area contributed by atoms with Crippen LogP contribution in [-0.4, -0.2) is 30.4 Å². The van der Waals surface area contributed by atoms with Gasteiger partial charge in [0.05, 0.1) is 5.69 Å². The Morgan fingerprint density at radius 3 is 2.90 bits per heavy atom. The molecule has 0 bridgehead atoms. The highest BCUT2D eigenvalue weighted by atomic mass is 32.2. The molecule has 0 fully saturated rings. The summed E-state index contributed by atoms with van der Waals surface area (Å²) in [4.78, 5) is 0. The van der Waals surface area contributed by atoms with Crippen LogP contribution < -0.4 is 5.73 Å². The summed E-state index contributed by atoms with van der Waals surface area (Å²) in [6, 6.07) is 5.96. The van der Waals surface area contributed by atoms with Crippen LogP contribution in [0, 0.1) is 6.92 Å². The molecule has 0 aliphatic rings. The quantitative estimate of drug-likeness (QED) is 0.795. The first-order valence-electron chi connectivity index (χ1n) is 6.82. The Bertz CT molecular complexity index is 773. The average Bonchev–Trinajstić information content (AvgIpc) is 2.95. The molecule has 110 valence electrons. The van der Waals surface area contributed by atoms with Crippen LogP contribution in [0.4, 0.5) is 0 Å². The summed E-state index contributed by atoms with van der Waals surface area (Å²) < 4.78 is 3.87. The number of aryl methyl sites for hydroxylation is 2. The van der Waals surface area contributed by atoms with Gasteiger partial charge in [0.25, 0.3) is 0 Å². The van der Waals surface area contributed by atoms with Crippen molar-refractivity contribution in [3.05, 3.63) is 35.7 Å². The molecule has 0 spiro atoms. The summed E-state index contributed by atoms with van der Waals surface area (Å²) in [7, 11) is 1.95. The predicted octanol–water partition coefficient (Wildman–Crippen LogP) is 1.81. The van der Waals surface area contributed by atoms with Gasteiger partial charge < -0.3 is 5.73 Å². The zero-order chi connectivity index (χ0) is 15.0. The van der Waals surface area contributed by atoms with E-state index in [1.54, 1.807) is 11.8 Å². The molecule has 0 aliphatic carbocycles. The van der Waals surface area contributed by atoms with Gasteiger partial charge in [-0.15, -0.1) is 10.2 Å². The molecule has 2 N–H and O–H groups in total. The highest BCUT2D eigenvalue weighted by Gasteiger charge is 2.18. The fourth-order valence-electron chi connectivity index (χ4n) is 2.34. The van der Waals surface area contributed by atoms with Crippen molar-refractivity contribution >= 4 is 17.4 Å². The fraction of sp³-hybridized carbons (Fsp3) is 0.357. The second-order valence-corrected chi connectivity index (χ2v) is 6.14. The molecule has 3 aromatic heterocycles. The van der Waals surface area contributed by atoms with Gasteiger partial charge in [-0.2, -0.15) is 5.10 Å². The molecule has 0 saturated heterocycles. The number of hydrogen-bond acceptors (Lipinski definition) is 5. The molecule has 3 heterocycles. The molecular formula is C14H18N6S. The van der Waals surface area contributed by atoms with Crippen molar-refractivity contribution in [2.24, 2.45) is 12.8 Å². The van der Waals surface area contributed by atoms with Crippen molar-refractivity contribution in [2.75, 3.05) is 0 Å². The van der Waals surface area contributed by atoms with Gasteiger partial charge in [-0.3, -0.25) is 9.08 Å². The smallest absolute Gasteiger partial charge is 0.201 e. The molecule has 21 heavy (non-hydrogen) atoms. The van der Waals surface area contributed by atoms with Gasteiger partial charge in [-0.05, 0) is 44.2 Å². The van der Waals surface area contributed by atoms with E-state index in [-0.39, 0.29) is 6.04 Å². The third-order valence-corrected chi connectivity index (χ3v) is 4.45. The van der Waals surface area contributed by atoms with Crippen LogP contribution >= 0.6 is 11.8 Å². The second-order valence-electron chi connectivity index (χ2n) is 5.19. The number of nitrogens with two attached hydrogens (primary N) is 1. The molecule has 0 aromatic carbocycles. The molecule has 1 atom stereocenters. The van der Waals surface area contributed by atoms with Gasteiger partial charge in [0.1, 0.15) is 5.03 Å². The molecular weight excluding hydrogens is 284 g/mol. The molecule has 6 nitrogen and oxygen atoms in total. The van der Waals surface area contributed by atoms with Gasteiger partial charge in [0, 0.05) is 24.8 Å². The van der Waals surface area contributed by atoms with E-state index in [4.69, 9.17) is 5.73 Å². The Kier molecular flexibility index (Phi) is 3.69. The first-order valence-corrected chi connectivity index (χ1v) is 7.63. The van der Waals surface area contributed by atoms with Gasteiger partial charge in [0.15, 0.2) is 5.65 Å². The van der Waals surface area contributed by atoms with Gasteiger partial charge >= 0.3 is 0 Å². The van der Waals surface area contributed by atoms with E-state index in [0.717, 1.165) is 27.9 Å². The first kappa shape index (κ1) is 14.1. The summed E-state index contributed by atoms with van der Waals surface area (Å²) >= 11 is 1.57. The minimum absolute atomic E-state index is 0.0994. The molecule has 0 radical (unpaired) electrons. The van der Waals surface area contributed by atoms with Crippen LogP contribution in [0.15, 0.2) is 34.6 Å². The molecule has 1 unspecified atom stereocenters. The summed E-state index contributed by atoms with van der Waals surface area (Å²) in [6.07, 6.45) is 2.77. The SMILES string of the molecule is Cc1nn(C)c(Sc2nnc3ccccn23)c1CC(C)N. The van der Waals surface area contributed by atoms with Crippen molar-refractivity contribution in [1.29, 1.82) is 0 Å². The Morgan fingerprint density at radius 1 is 1.33 bits per heavy atom. The van der Waals surface area contributed by atoms with E-state index >= 15 is 0 Å². The Labute approximate surface area is 127 Å². The maximum Gasteiger partial charge on any atom is 0.201 e. The molecule has 0 amide bonds. The summed E-state index contributed by atoms with van der Waals surface area (Å²) in [5, 5.41) is 14.9. The van der Waals surface area contributed by atoms with Crippen molar-refractivity contribution in [2.45, 2.75) is 36.5 Å². The lowest BCUT2D eigenvalue weighted by molar-refractivity contribution is 0.675. The Balaban J connectivity index is 2.01. The normalized spacial score (nSPS) is 13.0. The molecule has 3 aromatic rings. The third-order valence-electron chi connectivity index (χ3n) is 3.29. The van der Waals surface area contributed by atoms with E-state index in [0.29, 0.717) is 0 Å². The first-order chi connectivity index (χ1) is 10.1. The largest absolute Gasteiger partial charge is 0.328 e. The standard InChI is InChI=1S/C14H18N6S/c1-9(15)8-11-10(2)18-19(3)13(11)21-14-17-16-12-6-4-5-7-20(12)14/h4-7,9H,8,15H2,1-3H3. The summed E-state index contributed by atoms with van der Waals surface area (Å²) in [5.74, 6) is 0. The van der Waals surface area contributed by atoms with E-state index < -0.39 is 0 Å². The molecule has 7 heteroatoms. The number of pyridine rings is 1. The maximum absolute atomic E-state index is 5.96. The lowest BCUT2D eigenvalue weighted by Crippen LogP contribution is -2.18. The molecule has 3 rings (SSSR count). The maximum atomic E-state index is 5.96. The lowest BCUT2D eigenvalue weighted by Gasteiger charge is -2.07. The molecule has 0 aliphatic heterocycles. The van der Waals surface area contributed by atoms with Crippen LogP contribution in [0.2, 0.25) is 0 Å². The van der Waals surface area contributed by atoms with Gasteiger partial charge in [-0.25, -0.2) is 0 Å². The highest BCUT2D eigenvalue weighted by molar-refractivity contribution is 7.99. The number of hydrogen-bond donors (Lipinski definition) is 1. The third kappa shape index (κ3) is 2.66. The Morgan fingerprint density at radius 2 is 2.14 bits per heavy atom. The topological polar surface area (TPSA) is 74.0 Å². The number of aromatic nitrogens is 5. The zero-order valence-corrected chi connectivity index (χ0v) is 13.1. The zero-order valence-electron chi connectivity index (χ0n) is 12.3. The second kappa shape index (κ2) is 5.50. The van der Waals surface area contributed by atoms with Crippen molar-refractivity contribution in [1.82, 2.24) is 24.4 Å². The van der Waals surface area contributed by atoms with Crippen LogP contribution in [0.1, 0.15) is 18.2 Å². The highest BCUT2D eigenvalue weighted by Crippen LogP contribution is 2.31. The minimum Gasteiger partial charge on any atom is -0.328 e. The number of fused-ring (bicyclic) bond motifs is 1. The summed E-state index contributed by atoms with van der Waals surface area (Å²) in [6.45, 7) is 4.02. The van der Waals surface area contributed by atoms with E-state index in [9.17, 15) is 0 Å².